The van der Waals surface area contributed by atoms with Gasteiger partial charge in [-0.2, -0.15) is 4.98 Å². The molecule has 5 N–H and O–H groups in total. The van der Waals surface area contributed by atoms with Gasteiger partial charge in [0.15, 0.2) is 0 Å². The number of fused-ring (bicyclic) bond motifs is 2. The van der Waals surface area contributed by atoms with Crippen molar-refractivity contribution in [3.05, 3.63) is 83.8 Å². The molecule has 0 bridgehead atoms. The van der Waals surface area contributed by atoms with Crippen molar-refractivity contribution in [2.24, 2.45) is 0 Å². The van der Waals surface area contributed by atoms with E-state index in [0.29, 0.717) is 6.54 Å². The fourth-order valence-electron chi connectivity index (χ4n) is 3.69. The molecule has 0 fully saturated rings. The molecule has 0 aliphatic heterocycles. The first kappa shape index (κ1) is 17.3. The minimum atomic E-state index is 0.281. The standard InChI is InChI=1S/C23H22N6/c24-23-27-14-18(6-7-19-12-16-3-1-2-4-21(16)28-19)22(29-23)26-13-15-5-8-20-17(11-15)9-10-25-20/h1-5,8-12,14,25,28H,6-7,13H2,(H3,24,26,27,29). The topological polar surface area (TPSA) is 95.4 Å². The molecule has 0 aliphatic rings. The predicted molar refractivity (Wildman–Crippen MR) is 118 cm³/mol. The summed E-state index contributed by atoms with van der Waals surface area (Å²) in [7, 11) is 0. The zero-order valence-corrected chi connectivity index (χ0v) is 15.9. The van der Waals surface area contributed by atoms with Gasteiger partial charge in [0.1, 0.15) is 5.82 Å². The van der Waals surface area contributed by atoms with E-state index in [1.807, 2.05) is 18.5 Å². The molecule has 29 heavy (non-hydrogen) atoms. The number of aryl methyl sites for hydroxylation is 2. The van der Waals surface area contributed by atoms with Gasteiger partial charge in [0, 0.05) is 41.2 Å². The molecular weight excluding hydrogens is 360 g/mol. The molecule has 0 unspecified atom stereocenters. The number of nitrogen functional groups attached to an aromatic ring is 1. The van der Waals surface area contributed by atoms with Crippen LogP contribution < -0.4 is 11.1 Å². The van der Waals surface area contributed by atoms with Crippen LogP contribution in [-0.4, -0.2) is 19.9 Å². The van der Waals surface area contributed by atoms with E-state index in [9.17, 15) is 0 Å². The Morgan fingerprint density at radius 2 is 1.83 bits per heavy atom. The first-order chi connectivity index (χ1) is 14.2. The van der Waals surface area contributed by atoms with Crippen LogP contribution in [0.15, 0.2) is 67.0 Å². The number of para-hydroxylation sites is 1. The number of nitrogens with two attached hydrogens (primary N) is 1. The number of H-pyrrole nitrogens is 2. The molecular formula is C23H22N6. The lowest BCUT2D eigenvalue weighted by molar-refractivity contribution is 0.907. The van der Waals surface area contributed by atoms with Gasteiger partial charge in [0.25, 0.3) is 0 Å². The molecule has 144 valence electrons. The lowest BCUT2D eigenvalue weighted by Gasteiger charge is -2.11. The first-order valence-corrected chi connectivity index (χ1v) is 9.72. The average molecular weight is 382 g/mol. The van der Waals surface area contributed by atoms with Crippen LogP contribution in [0.1, 0.15) is 16.8 Å². The molecule has 5 aromatic rings. The van der Waals surface area contributed by atoms with Crippen molar-refractivity contribution in [3.8, 4) is 0 Å². The lowest BCUT2D eigenvalue weighted by atomic mass is 10.1. The Morgan fingerprint density at radius 3 is 2.76 bits per heavy atom. The Labute approximate surface area is 168 Å². The number of nitrogens with one attached hydrogen (secondary N) is 3. The molecule has 6 nitrogen and oxygen atoms in total. The third-order valence-corrected chi connectivity index (χ3v) is 5.21. The zero-order chi connectivity index (χ0) is 19.6. The quantitative estimate of drug-likeness (QED) is 0.350. The highest BCUT2D eigenvalue weighted by Crippen LogP contribution is 2.20. The van der Waals surface area contributed by atoms with E-state index in [4.69, 9.17) is 5.73 Å². The summed E-state index contributed by atoms with van der Waals surface area (Å²) < 4.78 is 0. The summed E-state index contributed by atoms with van der Waals surface area (Å²) in [6, 6.07) is 19.0. The Kier molecular flexibility index (Phi) is 4.37. The van der Waals surface area contributed by atoms with Crippen molar-refractivity contribution in [2.45, 2.75) is 19.4 Å². The summed E-state index contributed by atoms with van der Waals surface area (Å²) in [5.74, 6) is 1.07. The fraction of sp³-hybridized carbons (Fsp3) is 0.130. The summed E-state index contributed by atoms with van der Waals surface area (Å²) in [5, 5.41) is 5.87. The molecule has 0 saturated carbocycles. The normalized spacial score (nSPS) is 11.3. The Balaban J connectivity index is 1.32. The van der Waals surface area contributed by atoms with E-state index < -0.39 is 0 Å². The maximum Gasteiger partial charge on any atom is 0.221 e. The SMILES string of the molecule is Nc1ncc(CCc2cc3ccccc3[nH]2)c(NCc2ccc3[nH]ccc3c2)n1. The van der Waals surface area contributed by atoms with Gasteiger partial charge in [-0.25, -0.2) is 4.98 Å². The number of nitrogens with zero attached hydrogens (tertiary/aromatic N) is 2. The third kappa shape index (κ3) is 3.65. The maximum atomic E-state index is 5.84. The van der Waals surface area contributed by atoms with Crippen LogP contribution in [0.25, 0.3) is 21.8 Å². The van der Waals surface area contributed by atoms with Crippen molar-refractivity contribution in [1.29, 1.82) is 0 Å². The molecule has 3 heterocycles. The fourth-order valence-corrected chi connectivity index (χ4v) is 3.69. The van der Waals surface area contributed by atoms with Crippen LogP contribution >= 0.6 is 0 Å². The minimum absolute atomic E-state index is 0.281. The molecule has 2 aromatic carbocycles. The molecule has 6 heteroatoms. The van der Waals surface area contributed by atoms with Crippen molar-refractivity contribution in [2.75, 3.05) is 11.1 Å². The molecule has 3 aromatic heterocycles. The number of rotatable bonds is 6. The van der Waals surface area contributed by atoms with Crippen molar-refractivity contribution < 1.29 is 0 Å². The van der Waals surface area contributed by atoms with Crippen LogP contribution in [0.4, 0.5) is 11.8 Å². The van der Waals surface area contributed by atoms with E-state index in [1.54, 1.807) is 0 Å². The van der Waals surface area contributed by atoms with Gasteiger partial charge in [-0.15, -0.1) is 0 Å². The summed E-state index contributed by atoms with van der Waals surface area (Å²) in [6.07, 6.45) is 5.48. The van der Waals surface area contributed by atoms with Crippen molar-refractivity contribution in [3.63, 3.8) is 0 Å². The van der Waals surface area contributed by atoms with Crippen LogP contribution in [-0.2, 0) is 19.4 Å². The maximum absolute atomic E-state index is 5.84. The summed E-state index contributed by atoms with van der Waals surface area (Å²) in [6.45, 7) is 0.678. The number of hydrogen-bond acceptors (Lipinski definition) is 4. The summed E-state index contributed by atoms with van der Waals surface area (Å²) in [5.41, 5.74) is 11.6. The third-order valence-electron chi connectivity index (χ3n) is 5.21. The van der Waals surface area contributed by atoms with E-state index in [1.165, 1.54) is 22.0 Å². The number of aromatic amines is 2. The Bertz CT molecular complexity index is 1250. The van der Waals surface area contributed by atoms with Crippen molar-refractivity contribution >= 4 is 33.6 Å². The Hall–Kier alpha value is -3.80. The van der Waals surface area contributed by atoms with E-state index in [-0.39, 0.29) is 5.95 Å². The highest BCUT2D eigenvalue weighted by atomic mass is 15.1. The second kappa shape index (κ2) is 7.31. The van der Waals surface area contributed by atoms with Gasteiger partial charge in [-0.1, -0.05) is 24.3 Å². The number of aromatic nitrogens is 4. The minimum Gasteiger partial charge on any atom is -0.368 e. The molecule has 0 spiro atoms. The summed E-state index contributed by atoms with van der Waals surface area (Å²) in [4.78, 5) is 15.3. The smallest absolute Gasteiger partial charge is 0.221 e. The average Bonchev–Trinajstić information content (AvgIpc) is 3.37. The molecule has 0 amide bonds. The molecule has 5 rings (SSSR count). The Morgan fingerprint density at radius 1 is 0.931 bits per heavy atom. The molecule has 0 saturated heterocycles. The lowest BCUT2D eigenvalue weighted by Crippen LogP contribution is -2.08. The highest BCUT2D eigenvalue weighted by Gasteiger charge is 2.08. The van der Waals surface area contributed by atoms with Gasteiger partial charge in [0.2, 0.25) is 5.95 Å². The molecule has 0 atom stereocenters. The molecule has 0 radical (unpaired) electrons. The zero-order valence-electron chi connectivity index (χ0n) is 15.9. The van der Waals surface area contributed by atoms with Crippen LogP contribution in [0.5, 0.6) is 0 Å². The highest BCUT2D eigenvalue weighted by molar-refractivity contribution is 5.80. The van der Waals surface area contributed by atoms with E-state index >= 15 is 0 Å². The van der Waals surface area contributed by atoms with E-state index in [0.717, 1.165) is 35.3 Å². The summed E-state index contributed by atoms with van der Waals surface area (Å²) >= 11 is 0. The monoisotopic (exact) mass is 382 g/mol. The van der Waals surface area contributed by atoms with Gasteiger partial charge in [-0.05, 0) is 59.5 Å². The molecule has 0 aliphatic carbocycles. The van der Waals surface area contributed by atoms with Crippen LogP contribution in [0.3, 0.4) is 0 Å². The second-order valence-corrected chi connectivity index (χ2v) is 7.24. The van der Waals surface area contributed by atoms with Crippen LogP contribution in [0, 0.1) is 0 Å². The number of hydrogen-bond donors (Lipinski definition) is 4. The second-order valence-electron chi connectivity index (χ2n) is 7.24. The number of anilines is 2. The predicted octanol–water partition coefficient (Wildman–Crippen LogP) is 4.42. The number of benzene rings is 2. The van der Waals surface area contributed by atoms with E-state index in [2.05, 4.69) is 73.8 Å². The first-order valence-electron chi connectivity index (χ1n) is 9.72. The van der Waals surface area contributed by atoms with Crippen LogP contribution in [0.2, 0.25) is 0 Å². The largest absolute Gasteiger partial charge is 0.368 e. The van der Waals surface area contributed by atoms with Gasteiger partial charge in [-0.3, -0.25) is 0 Å². The van der Waals surface area contributed by atoms with Gasteiger partial charge in [0.05, 0.1) is 0 Å². The van der Waals surface area contributed by atoms with Gasteiger partial charge >= 0.3 is 0 Å². The van der Waals surface area contributed by atoms with Gasteiger partial charge < -0.3 is 21.0 Å². The van der Waals surface area contributed by atoms with Crippen molar-refractivity contribution in [1.82, 2.24) is 19.9 Å².